The standard InChI is InChI=1S/C11H14F2N2O2/c1-15(5-4-10(14)11(16)17)7-2-3-8(12)9(13)6-7/h2-3,6,10H,4-5,14H2,1H3,(H,16,17). The molecule has 1 rings (SSSR count). The largest absolute Gasteiger partial charge is 0.480 e. The van der Waals surface area contributed by atoms with Crippen molar-refractivity contribution in [1.29, 1.82) is 0 Å². The lowest BCUT2D eigenvalue weighted by molar-refractivity contribution is -0.138. The normalized spacial score (nSPS) is 12.2. The van der Waals surface area contributed by atoms with E-state index in [2.05, 4.69) is 0 Å². The van der Waals surface area contributed by atoms with Crippen LogP contribution in [0, 0.1) is 11.6 Å². The summed E-state index contributed by atoms with van der Waals surface area (Å²) < 4.78 is 25.6. The molecule has 0 bridgehead atoms. The highest BCUT2D eigenvalue weighted by Gasteiger charge is 2.13. The van der Waals surface area contributed by atoms with Gasteiger partial charge in [-0.3, -0.25) is 4.79 Å². The molecule has 0 spiro atoms. The summed E-state index contributed by atoms with van der Waals surface area (Å²) in [5.74, 6) is -2.93. The lowest BCUT2D eigenvalue weighted by Gasteiger charge is -2.20. The molecule has 94 valence electrons. The van der Waals surface area contributed by atoms with Crippen LogP contribution in [0.2, 0.25) is 0 Å². The molecule has 0 radical (unpaired) electrons. The van der Waals surface area contributed by atoms with Gasteiger partial charge in [-0.15, -0.1) is 0 Å². The molecule has 1 unspecified atom stereocenters. The van der Waals surface area contributed by atoms with Crippen molar-refractivity contribution in [1.82, 2.24) is 0 Å². The van der Waals surface area contributed by atoms with Crippen LogP contribution >= 0.6 is 0 Å². The number of carboxylic acid groups (broad SMARTS) is 1. The second kappa shape index (κ2) is 5.58. The van der Waals surface area contributed by atoms with Gasteiger partial charge in [0.15, 0.2) is 11.6 Å². The van der Waals surface area contributed by atoms with Crippen molar-refractivity contribution in [3.05, 3.63) is 29.8 Å². The highest BCUT2D eigenvalue weighted by atomic mass is 19.2. The first kappa shape index (κ1) is 13.4. The zero-order chi connectivity index (χ0) is 13.0. The molecule has 6 heteroatoms. The number of hydrogen-bond donors (Lipinski definition) is 2. The van der Waals surface area contributed by atoms with E-state index in [4.69, 9.17) is 10.8 Å². The topological polar surface area (TPSA) is 66.6 Å². The van der Waals surface area contributed by atoms with Crippen molar-refractivity contribution in [3.8, 4) is 0 Å². The minimum Gasteiger partial charge on any atom is -0.480 e. The molecule has 0 saturated carbocycles. The Hall–Kier alpha value is -1.69. The van der Waals surface area contributed by atoms with E-state index < -0.39 is 23.6 Å². The lowest BCUT2D eigenvalue weighted by atomic mass is 10.2. The van der Waals surface area contributed by atoms with E-state index in [0.29, 0.717) is 12.2 Å². The average Bonchev–Trinajstić information content (AvgIpc) is 2.28. The number of hydrogen-bond acceptors (Lipinski definition) is 3. The summed E-state index contributed by atoms with van der Waals surface area (Å²) in [6, 6.07) is 2.55. The zero-order valence-corrected chi connectivity index (χ0v) is 9.36. The summed E-state index contributed by atoms with van der Waals surface area (Å²) in [5.41, 5.74) is 5.81. The third-order valence-electron chi connectivity index (χ3n) is 2.44. The molecular formula is C11H14F2N2O2. The number of benzene rings is 1. The first-order chi connectivity index (χ1) is 7.91. The van der Waals surface area contributed by atoms with E-state index in [1.165, 1.54) is 6.07 Å². The Balaban J connectivity index is 2.60. The number of carbonyl (C=O) groups is 1. The number of nitrogens with two attached hydrogens (primary N) is 1. The summed E-state index contributed by atoms with van der Waals surface area (Å²) in [6.07, 6.45) is 0.227. The van der Waals surface area contributed by atoms with E-state index in [1.807, 2.05) is 0 Å². The molecule has 1 aromatic carbocycles. The first-order valence-electron chi connectivity index (χ1n) is 5.06. The Kier molecular flexibility index (Phi) is 4.39. The maximum atomic E-state index is 12.9. The summed E-state index contributed by atoms with van der Waals surface area (Å²) in [4.78, 5) is 12.1. The molecule has 0 heterocycles. The molecule has 0 aliphatic heterocycles. The number of anilines is 1. The Morgan fingerprint density at radius 1 is 1.47 bits per heavy atom. The van der Waals surface area contributed by atoms with Crippen LogP contribution in [0.25, 0.3) is 0 Å². The molecule has 3 N–H and O–H groups in total. The minimum absolute atomic E-state index is 0.227. The Labute approximate surface area is 97.6 Å². The predicted molar refractivity (Wildman–Crippen MR) is 59.9 cm³/mol. The fourth-order valence-corrected chi connectivity index (χ4v) is 1.31. The molecule has 0 aromatic heterocycles. The van der Waals surface area contributed by atoms with Crippen LogP contribution in [-0.2, 0) is 4.79 Å². The van der Waals surface area contributed by atoms with Crippen molar-refractivity contribution in [2.45, 2.75) is 12.5 Å². The van der Waals surface area contributed by atoms with Gasteiger partial charge in [-0.05, 0) is 18.6 Å². The second-order valence-corrected chi connectivity index (χ2v) is 3.75. The number of carboxylic acids is 1. The molecule has 0 amide bonds. The number of rotatable bonds is 5. The molecule has 17 heavy (non-hydrogen) atoms. The summed E-state index contributed by atoms with van der Waals surface area (Å²) in [7, 11) is 1.65. The minimum atomic E-state index is -1.08. The Morgan fingerprint density at radius 2 is 2.12 bits per heavy atom. The average molecular weight is 244 g/mol. The molecule has 1 atom stereocenters. The van der Waals surface area contributed by atoms with Crippen LogP contribution in [0.1, 0.15) is 6.42 Å². The van der Waals surface area contributed by atoms with Gasteiger partial charge < -0.3 is 15.7 Å². The van der Waals surface area contributed by atoms with E-state index in [1.54, 1.807) is 11.9 Å². The highest BCUT2D eigenvalue weighted by molar-refractivity contribution is 5.73. The number of halogens is 2. The van der Waals surface area contributed by atoms with E-state index >= 15 is 0 Å². The van der Waals surface area contributed by atoms with Gasteiger partial charge in [0.2, 0.25) is 0 Å². The maximum absolute atomic E-state index is 12.9. The smallest absolute Gasteiger partial charge is 0.320 e. The van der Waals surface area contributed by atoms with Gasteiger partial charge in [-0.1, -0.05) is 0 Å². The van der Waals surface area contributed by atoms with E-state index in [0.717, 1.165) is 12.1 Å². The monoisotopic (exact) mass is 244 g/mol. The van der Waals surface area contributed by atoms with Crippen molar-refractivity contribution in [2.24, 2.45) is 5.73 Å². The third-order valence-corrected chi connectivity index (χ3v) is 2.44. The van der Waals surface area contributed by atoms with Crippen molar-refractivity contribution >= 4 is 11.7 Å². The summed E-state index contributed by atoms with van der Waals surface area (Å²) >= 11 is 0. The zero-order valence-electron chi connectivity index (χ0n) is 9.36. The lowest BCUT2D eigenvalue weighted by Crippen LogP contribution is -2.34. The quantitative estimate of drug-likeness (QED) is 0.816. The van der Waals surface area contributed by atoms with Gasteiger partial charge in [-0.25, -0.2) is 8.78 Å². The Bertz CT molecular complexity index is 412. The van der Waals surface area contributed by atoms with Crippen molar-refractivity contribution < 1.29 is 18.7 Å². The van der Waals surface area contributed by atoms with Gasteiger partial charge in [0.05, 0.1) is 0 Å². The van der Waals surface area contributed by atoms with Crippen LogP contribution in [0.4, 0.5) is 14.5 Å². The van der Waals surface area contributed by atoms with Crippen LogP contribution in [0.3, 0.4) is 0 Å². The SMILES string of the molecule is CN(CCC(N)C(=O)O)c1ccc(F)c(F)c1. The van der Waals surface area contributed by atoms with E-state index in [-0.39, 0.29) is 6.42 Å². The van der Waals surface area contributed by atoms with Crippen molar-refractivity contribution in [2.75, 3.05) is 18.5 Å². The van der Waals surface area contributed by atoms with Gasteiger partial charge in [0.1, 0.15) is 6.04 Å². The predicted octanol–water partition coefficient (Wildman–Crippen LogP) is 1.20. The summed E-state index contributed by atoms with van der Waals surface area (Å²) in [6.45, 7) is 0.346. The van der Waals surface area contributed by atoms with E-state index in [9.17, 15) is 13.6 Å². The van der Waals surface area contributed by atoms with Gasteiger partial charge >= 0.3 is 5.97 Å². The van der Waals surface area contributed by atoms with Crippen LogP contribution in [0.5, 0.6) is 0 Å². The maximum Gasteiger partial charge on any atom is 0.320 e. The summed E-state index contributed by atoms with van der Waals surface area (Å²) in [5, 5.41) is 8.59. The molecule has 0 fully saturated rings. The molecule has 1 aromatic rings. The number of nitrogens with zero attached hydrogens (tertiary/aromatic N) is 1. The molecule has 4 nitrogen and oxygen atoms in total. The molecular weight excluding hydrogens is 230 g/mol. The van der Waals surface area contributed by atoms with Gasteiger partial charge in [-0.2, -0.15) is 0 Å². The van der Waals surface area contributed by atoms with Crippen molar-refractivity contribution in [3.63, 3.8) is 0 Å². The molecule has 0 aliphatic carbocycles. The number of aliphatic carboxylic acids is 1. The molecule has 0 aliphatic rings. The Morgan fingerprint density at radius 3 is 2.65 bits per heavy atom. The van der Waals surface area contributed by atoms with Gasteiger partial charge in [0, 0.05) is 25.3 Å². The van der Waals surface area contributed by atoms with Crippen LogP contribution in [0.15, 0.2) is 18.2 Å². The molecule has 0 saturated heterocycles. The fourth-order valence-electron chi connectivity index (χ4n) is 1.31. The highest BCUT2D eigenvalue weighted by Crippen LogP contribution is 2.16. The second-order valence-electron chi connectivity index (χ2n) is 3.75. The van der Waals surface area contributed by atoms with Gasteiger partial charge in [0.25, 0.3) is 0 Å². The third kappa shape index (κ3) is 3.67. The van der Waals surface area contributed by atoms with Crippen LogP contribution < -0.4 is 10.6 Å². The van der Waals surface area contributed by atoms with Crippen LogP contribution in [-0.4, -0.2) is 30.7 Å². The fraction of sp³-hybridized carbons (Fsp3) is 0.364. The first-order valence-corrected chi connectivity index (χ1v) is 5.06.